The van der Waals surface area contributed by atoms with Gasteiger partial charge in [0, 0.05) is 11.0 Å². The van der Waals surface area contributed by atoms with Crippen molar-refractivity contribution in [2.45, 2.75) is 13.0 Å². The monoisotopic (exact) mass is 305 g/mol. The molecule has 1 aromatic carbocycles. The van der Waals surface area contributed by atoms with E-state index < -0.39 is 0 Å². The number of rotatable bonds is 6. The number of hydrogen-bond donors (Lipinski definition) is 1. The summed E-state index contributed by atoms with van der Waals surface area (Å²) >= 11 is 2.39. The molecule has 1 rings (SSSR count). The van der Waals surface area contributed by atoms with Gasteiger partial charge in [0.25, 0.3) is 0 Å². The van der Waals surface area contributed by atoms with Crippen molar-refractivity contribution in [2.75, 3.05) is 18.1 Å². The number of halogens is 1. The van der Waals surface area contributed by atoms with Crippen molar-refractivity contribution in [1.29, 1.82) is 0 Å². The Balaban J connectivity index is 2.34. The van der Waals surface area contributed by atoms with Gasteiger partial charge in [0.05, 0.1) is 7.11 Å². The van der Waals surface area contributed by atoms with E-state index in [1.165, 1.54) is 16.4 Å². The lowest BCUT2D eigenvalue weighted by Gasteiger charge is -2.05. The van der Waals surface area contributed by atoms with Crippen LogP contribution >= 0.6 is 22.6 Å². The lowest BCUT2D eigenvalue weighted by Crippen LogP contribution is -2.14. The van der Waals surface area contributed by atoms with Crippen LogP contribution in [0.4, 0.5) is 0 Å². The van der Waals surface area contributed by atoms with Crippen molar-refractivity contribution in [2.24, 2.45) is 0 Å². The van der Waals surface area contributed by atoms with E-state index in [4.69, 9.17) is 4.74 Å². The van der Waals surface area contributed by atoms with Gasteiger partial charge < -0.3 is 10.1 Å². The van der Waals surface area contributed by atoms with Gasteiger partial charge in [0.2, 0.25) is 0 Å². The van der Waals surface area contributed by atoms with Gasteiger partial charge in [-0.1, -0.05) is 34.7 Å². The normalized spacial score (nSPS) is 10.1. The van der Waals surface area contributed by atoms with Gasteiger partial charge in [0.1, 0.15) is 5.75 Å². The molecule has 0 aliphatic carbocycles. The van der Waals surface area contributed by atoms with Crippen molar-refractivity contribution in [3.05, 3.63) is 29.8 Å². The molecule has 0 fully saturated rings. The Bertz CT molecular complexity index is 265. The van der Waals surface area contributed by atoms with Crippen LogP contribution in [0.15, 0.2) is 24.3 Å². The quantitative estimate of drug-likeness (QED) is 0.495. The molecule has 14 heavy (non-hydrogen) atoms. The molecule has 0 amide bonds. The molecule has 1 aromatic rings. The third-order valence-electron chi connectivity index (χ3n) is 1.95. The number of benzene rings is 1. The summed E-state index contributed by atoms with van der Waals surface area (Å²) in [4.78, 5) is 0. The van der Waals surface area contributed by atoms with Crippen molar-refractivity contribution in [3.63, 3.8) is 0 Å². The lowest BCUT2D eigenvalue weighted by atomic mass is 10.2. The Hall–Kier alpha value is -0.290. The standard InChI is InChI=1S/C11H16INO/c1-14-11-5-2-4-10(8-11)9-13-7-3-6-12/h2,4-5,8,13H,3,6-7,9H2,1H3. The Morgan fingerprint density at radius 2 is 2.29 bits per heavy atom. The molecule has 78 valence electrons. The van der Waals surface area contributed by atoms with Gasteiger partial charge in [-0.25, -0.2) is 0 Å². The number of hydrogen-bond acceptors (Lipinski definition) is 2. The summed E-state index contributed by atoms with van der Waals surface area (Å²) in [6.07, 6.45) is 1.23. The third kappa shape index (κ3) is 4.28. The molecule has 0 heterocycles. The average Bonchev–Trinajstić information content (AvgIpc) is 2.25. The summed E-state index contributed by atoms with van der Waals surface area (Å²) in [5.74, 6) is 0.929. The Labute approximate surface area is 99.2 Å². The second-order valence-electron chi connectivity index (χ2n) is 3.07. The molecule has 2 nitrogen and oxygen atoms in total. The molecule has 0 radical (unpaired) electrons. The largest absolute Gasteiger partial charge is 0.497 e. The molecule has 0 atom stereocenters. The molecule has 0 aliphatic heterocycles. The highest BCUT2D eigenvalue weighted by molar-refractivity contribution is 14.1. The van der Waals surface area contributed by atoms with Crippen LogP contribution in [-0.4, -0.2) is 18.1 Å². The summed E-state index contributed by atoms with van der Waals surface area (Å²) < 4.78 is 6.36. The fourth-order valence-corrected chi connectivity index (χ4v) is 1.59. The second-order valence-corrected chi connectivity index (χ2v) is 4.15. The minimum absolute atomic E-state index is 0.924. The summed E-state index contributed by atoms with van der Waals surface area (Å²) in [7, 11) is 1.70. The maximum atomic E-state index is 5.15. The molecular formula is C11H16INO. The van der Waals surface area contributed by atoms with E-state index in [9.17, 15) is 0 Å². The molecule has 0 aliphatic rings. The average molecular weight is 305 g/mol. The zero-order chi connectivity index (χ0) is 10.2. The molecule has 0 saturated carbocycles. The topological polar surface area (TPSA) is 21.3 Å². The second kappa shape index (κ2) is 7.06. The highest BCUT2D eigenvalue weighted by atomic mass is 127. The van der Waals surface area contributed by atoms with Crippen molar-refractivity contribution in [1.82, 2.24) is 5.32 Å². The number of ether oxygens (including phenoxy) is 1. The summed E-state index contributed by atoms with van der Waals surface area (Å²) in [5, 5.41) is 3.39. The minimum atomic E-state index is 0.924. The zero-order valence-corrected chi connectivity index (χ0v) is 10.6. The maximum absolute atomic E-state index is 5.15. The van der Waals surface area contributed by atoms with E-state index in [0.29, 0.717) is 0 Å². The van der Waals surface area contributed by atoms with Crippen LogP contribution in [0.25, 0.3) is 0 Å². The smallest absolute Gasteiger partial charge is 0.119 e. The van der Waals surface area contributed by atoms with E-state index >= 15 is 0 Å². The first-order chi connectivity index (χ1) is 6.86. The number of alkyl halides is 1. The number of methoxy groups -OCH3 is 1. The van der Waals surface area contributed by atoms with E-state index in [-0.39, 0.29) is 0 Å². The summed E-state index contributed by atoms with van der Waals surface area (Å²) in [5.41, 5.74) is 1.28. The highest BCUT2D eigenvalue weighted by Crippen LogP contribution is 2.11. The van der Waals surface area contributed by atoms with E-state index in [1.807, 2.05) is 12.1 Å². The fraction of sp³-hybridized carbons (Fsp3) is 0.455. The van der Waals surface area contributed by atoms with Crippen LogP contribution < -0.4 is 10.1 Å². The van der Waals surface area contributed by atoms with Crippen LogP contribution in [0.2, 0.25) is 0 Å². The SMILES string of the molecule is COc1cccc(CNCCCI)c1. The van der Waals surface area contributed by atoms with Gasteiger partial charge in [-0.2, -0.15) is 0 Å². The Morgan fingerprint density at radius 1 is 1.43 bits per heavy atom. The molecule has 0 saturated heterocycles. The van der Waals surface area contributed by atoms with Crippen LogP contribution in [0.3, 0.4) is 0 Å². The van der Waals surface area contributed by atoms with Crippen LogP contribution in [-0.2, 0) is 6.54 Å². The summed E-state index contributed by atoms with van der Waals surface area (Å²) in [6, 6.07) is 8.17. The fourth-order valence-electron chi connectivity index (χ4n) is 1.21. The zero-order valence-electron chi connectivity index (χ0n) is 8.42. The van der Waals surface area contributed by atoms with Gasteiger partial charge in [-0.15, -0.1) is 0 Å². The highest BCUT2D eigenvalue weighted by Gasteiger charge is 1.94. The molecule has 3 heteroatoms. The molecule has 0 bridgehead atoms. The van der Waals surface area contributed by atoms with Gasteiger partial charge in [-0.05, 0) is 30.7 Å². The first kappa shape index (κ1) is 11.8. The van der Waals surface area contributed by atoms with E-state index in [1.54, 1.807) is 7.11 Å². The van der Waals surface area contributed by atoms with Crippen molar-refractivity contribution in [3.8, 4) is 5.75 Å². The maximum Gasteiger partial charge on any atom is 0.119 e. The summed E-state index contributed by atoms with van der Waals surface area (Å²) in [6.45, 7) is 2.01. The minimum Gasteiger partial charge on any atom is -0.497 e. The first-order valence-electron chi connectivity index (χ1n) is 4.76. The molecular weight excluding hydrogens is 289 g/mol. The molecule has 0 aromatic heterocycles. The van der Waals surface area contributed by atoms with E-state index in [2.05, 4.69) is 40.0 Å². The van der Waals surface area contributed by atoms with Gasteiger partial charge in [0.15, 0.2) is 0 Å². The molecule has 0 unspecified atom stereocenters. The van der Waals surface area contributed by atoms with Crippen molar-refractivity contribution >= 4 is 22.6 Å². The predicted molar refractivity (Wildman–Crippen MR) is 68.2 cm³/mol. The lowest BCUT2D eigenvalue weighted by molar-refractivity contribution is 0.414. The number of nitrogens with one attached hydrogen (secondary N) is 1. The van der Waals surface area contributed by atoms with Crippen LogP contribution in [0, 0.1) is 0 Å². The van der Waals surface area contributed by atoms with E-state index in [0.717, 1.165) is 18.8 Å². The Kier molecular flexibility index (Phi) is 5.94. The Morgan fingerprint density at radius 3 is 3.00 bits per heavy atom. The first-order valence-corrected chi connectivity index (χ1v) is 6.29. The van der Waals surface area contributed by atoms with Crippen molar-refractivity contribution < 1.29 is 4.74 Å². The molecule has 1 N–H and O–H groups in total. The van der Waals surface area contributed by atoms with Crippen LogP contribution in [0.1, 0.15) is 12.0 Å². The van der Waals surface area contributed by atoms with Gasteiger partial charge >= 0.3 is 0 Å². The van der Waals surface area contributed by atoms with Gasteiger partial charge in [-0.3, -0.25) is 0 Å². The molecule has 0 spiro atoms. The predicted octanol–water partition coefficient (Wildman–Crippen LogP) is 2.61. The third-order valence-corrected chi connectivity index (χ3v) is 2.71. The van der Waals surface area contributed by atoms with Crippen LogP contribution in [0.5, 0.6) is 5.75 Å².